The molecule has 0 bridgehead atoms. The number of hydrogen-bond donors (Lipinski definition) is 0. The molecule has 0 unspecified atom stereocenters. The Balaban J connectivity index is 1.03. The highest BCUT2D eigenvalue weighted by Gasteiger charge is 2.23. The van der Waals surface area contributed by atoms with E-state index in [1.165, 1.54) is 11.1 Å². The Kier molecular flexibility index (Phi) is 10.2. The maximum absolute atomic E-state index is 5.45. The summed E-state index contributed by atoms with van der Waals surface area (Å²) in [6.45, 7) is 0. The van der Waals surface area contributed by atoms with Gasteiger partial charge in [0.15, 0.2) is 5.82 Å². The lowest BCUT2D eigenvalue weighted by atomic mass is 9.92. The molecule has 0 aliphatic rings. The van der Waals surface area contributed by atoms with E-state index >= 15 is 0 Å². The summed E-state index contributed by atoms with van der Waals surface area (Å²) < 4.78 is 2.16. The van der Waals surface area contributed by atoms with Gasteiger partial charge in [0.1, 0.15) is 5.69 Å². The Morgan fingerprint density at radius 3 is 1.33 bits per heavy atom. The summed E-state index contributed by atoms with van der Waals surface area (Å²) in [7, 11) is 0. The van der Waals surface area contributed by atoms with Crippen molar-refractivity contribution in [1.29, 1.82) is 0 Å². The van der Waals surface area contributed by atoms with Gasteiger partial charge in [-0.25, -0.2) is 14.5 Å². The van der Waals surface area contributed by atoms with Gasteiger partial charge < -0.3 is 0 Å². The summed E-state index contributed by atoms with van der Waals surface area (Å²) in [4.78, 5) is 10.5. The smallest absolute Gasteiger partial charge is 0.160 e. The highest BCUT2D eigenvalue weighted by atomic mass is 15.2. The van der Waals surface area contributed by atoms with E-state index in [0.717, 1.165) is 100 Å². The van der Waals surface area contributed by atoms with Crippen molar-refractivity contribution in [1.82, 2.24) is 19.6 Å². The van der Waals surface area contributed by atoms with Gasteiger partial charge in [-0.2, -0.15) is 5.10 Å². The Bertz CT molecular complexity index is 3580. The molecule has 0 atom stereocenters. The quantitative estimate of drug-likeness (QED) is 0.145. The first-order valence-corrected chi connectivity index (χ1v) is 22.7. The Morgan fingerprint density at radius 1 is 0.284 bits per heavy atom. The van der Waals surface area contributed by atoms with Gasteiger partial charge in [-0.15, -0.1) is 0 Å². The van der Waals surface area contributed by atoms with E-state index in [9.17, 15) is 0 Å². The SMILES string of the molecule is c1ccc(-c2ccc(-c3cc(-c4cccc(-c5cccc6c5cc(-c5ccccc5)n5nc(-c7ccccc7)c(-c7ccccc7)c65)c4)nc(-c4ccc(-c5ccccc5)cc4)n3)cc2)cc1. The first-order valence-electron chi connectivity index (χ1n) is 22.7. The molecule has 0 radical (unpaired) electrons. The number of pyridine rings is 1. The van der Waals surface area contributed by atoms with Crippen molar-refractivity contribution in [3.8, 4) is 101 Å². The van der Waals surface area contributed by atoms with Crippen LogP contribution < -0.4 is 0 Å². The second kappa shape index (κ2) is 17.2. The topological polar surface area (TPSA) is 43.1 Å². The van der Waals surface area contributed by atoms with Crippen molar-refractivity contribution in [2.24, 2.45) is 0 Å². The number of benzene rings is 9. The summed E-state index contributed by atoms with van der Waals surface area (Å²) >= 11 is 0. The molecule has 9 aromatic carbocycles. The van der Waals surface area contributed by atoms with E-state index in [-0.39, 0.29) is 0 Å². The van der Waals surface area contributed by atoms with E-state index in [1.54, 1.807) is 0 Å². The van der Waals surface area contributed by atoms with Crippen molar-refractivity contribution in [2.75, 3.05) is 0 Å². The van der Waals surface area contributed by atoms with E-state index < -0.39 is 0 Å². The van der Waals surface area contributed by atoms with Gasteiger partial charge >= 0.3 is 0 Å². The molecule has 0 amide bonds. The Morgan fingerprint density at radius 2 is 0.731 bits per heavy atom. The molecule has 12 aromatic rings. The minimum atomic E-state index is 0.674. The zero-order valence-electron chi connectivity index (χ0n) is 36.5. The van der Waals surface area contributed by atoms with Crippen molar-refractivity contribution < 1.29 is 0 Å². The van der Waals surface area contributed by atoms with E-state index in [4.69, 9.17) is 15.1 Å². The Hall–Kier alpha value is -8.99. The lowest BCUT2D eigenvalue weighted by molar-refractivity contribution is 0.979. The van der Waals surface area contributed by atoms with E-state index in [2.05, 4.69) is 247 Å². The van der Waals surface area contributed by atoms with E-state index in [0.29, 0.717) is 5.82 Å². The van der Waals surface area contributed by atoms with Crippen LogP contribution in [0.2, 0.25) is 0 Å². The molecule has 4 heteroatoms. The van der Waals surface area contributed by atoms with Crippen LogP contribution in [-0.2, 0) is 0 Å². The second-order valence-corrected chi connectivity index (χ2v) is 16.8. The molecule has 4 nitrogen and oxygen atoms in total. The first kappa shape index (κ1) is 39.6. The van der Waals surface area contributed by atoms with Crippen LogP contribution in [0.25, 0.3) is 117 Å². The van der Waals surface area contributed by atoms with Crippen LogP contribution >= 0.6 is 0 Å². The third-order valence-corrected chi connectivity index (χ3v) is 12.7. The number of nitrogens with zero attached hydrogens (tertiary/aromatic N) is 4. The van der Waals surface area contributed by atoms with Crippen LogP contribution in [0.1, 0.15) is 0 Å². The maximum atomic E-state index is 5.45. The van der Waals surface area contributed by atoms with Crippen molar-refractivity contribution in [3.63, 3.8) is 0 Å². The van der Waals surface area contributed by atoms with Crippen LogP contribution in [0.4, 0.5) is 0 Å². The molecular formula is C63H42N4. The van der Waals surface area contributed by atoms with Gasteiger partial charge in [0.2, 0.25) is 0 Å². The van der Waals surface area contributed by atoms with Gasteiger partial charge in [0, 0.05) is 38.8 Å². The summed E-state index contributed by atoms with van der Waals surface area (Å²) in [5, 5.41) is 7.72. The lowest BCUT2D eigenvalue weighted by Crippen LogP contribution is -1.97. The highest BCUT2D eigenvalue weighted by molar-refractivity contribution is 6.12. The highest BCUT2D eigenvalue weighted by Crippen LogP contribution is 2.43. The van der Waals surface area contributed by atoms with Crippen molar-refractivity contribution >= 4 is 16.3 Å². The summed E-state index contributed by atoms with van der Waals surface area (Å²) in [5.74, 6) is 0.674. The van der Waals surface area contributed by atoms with Crippen LogP contribution in [0, 0.1) is 0 Å². The molecule has 0 fully saturated rings. The number of aromatic nitrogens is 4. The molecule has 0 aliphatic carbocycles. The molecule has 0 saturated carbocycles. The fourth-order valence-electron chi connectivity index (χ4n) is 9.33. The minimum Gasteiger partial charge on any atom is -0.231 e. The van der Waals surface area contributed by atoms with Gasteiger partial charge in [-0.3, -0.25) is 0 Å². The molecule has 0 aliphatic heterocycles. The molecule has 314 valence electrons. The largest absolute Gasteiger partial charge is 0.231 e. The monoisotopic (exact) mass is 854 g/mol. The second-order valence-electron chi connectivity index (χ2n) is 16.8. The van der Waals surface area contributed by atoms with Gasteiger partial charge in [-0.05, 0) is 62.5 Å². The normalized spacial score (nSPS) is 11.3. The van der Waals surface area contributed by atoms with Gasteiger partial charge in [-0.1, -0.05) is 237 Å². The maximum Gasteiger partial charge on any atom is 0.160 e. The van der Waals surface area contributed by atoms with Crippen LogP contribution in [0.15, 0.2) is 255 Å². The molecule has 0 N–H and O–H groups in total. The third-order valence-electron chi connectivity index (χ3n) is 12.7. The van der Waals surface area contributed by atoms with Gasteiger partial charge in [0.05, 0.1) is 22.6 Å². The van der Waals surface area contributed by atoms with E-state index in [1.807, 2.05) is 12.1 Å². The summed E-state index contributed by atoms with van der Waals surface area (Å²) in [5.41, 5.74) is 19.0. The van der Waals surface area contributed by atoms with Crippen LogP contribution in [0.3, 0.4) is 0 Å². The van der Waals surface area contributed by atoms with Crippen LogP contribution in [0.5, 0.6) is 0 Å². The van der Waals surface area contributed by atoms with Crippen LogP contribution in [-0.4, -0.2) is 19.6 Å². The predicted octanol–water partition coefficient (Wildman–Crippen LogP) is 16.3. The lowest BCUT2D eigenvalue weighted by Gasteiger charge is -2.15. The standard InChI is InChI=1S/C63H42N4/c1-6-18-43(19-7-1)45-32-36-47(37-33-45)57-42-58(65-63(64-57)51-38-34-46(35-39-51)44-20-8-2-9-21-44)53-29-16-28-52(40-53)54-30-17-31-55-56(54)41-59(48-22-10-3-11-23-48)67-62(55)60(49-24-12-4-13-25-49)61(66-67)50-26-14-5-15-27-50/h1-42H. The average Bonchev–Trinajstić information content (AvgIpc) is 3.83. The zero-order valence-corrected chi connectivity index (χ0v) is 36.5. The summed E-state index contributed by atoms with van der Waals surface area (Å²) in [6.07, 6.45) is 0. The number of hydrogen-bond acceptors (Lipinski definition) is 3. The third kappa shape index (κ3) is 7.57. The molecule has 67 heavy (non-hydrogen) atoms. The fraction of sp³-hybridized carbons (Fsp3) is 0. The predicted molar refractivity (Wildman–Crippen MR) is 277 cm³/mol. The molecular weight excluding hydrogens is 813 g/mol. The zero-order chi connectivity index (χ0) is 44.5. The average molecular weight is 855 g/mol. The molecule has 3 heterocycles. The molecule has 12 rings (SSSR count). The number of fused-ring (bicyclic) bond motifs is 3. The molecule has 3 aromatic heterocycles. The Labute approximate surface area is 389 Å². The van der Waals surface area contributed by atoms with Crippen molar-refractivity contribution in [3.05, 3.63) is 255 Å². The van der Waals surface area contributed by atoms with Gasteiger partial charge in [0.25, 0.3) is 0 Å². The molecule has 0 saturated heterocycles. The summed E-state index contributed by atoms with van der Waals surface area (Å²) in [6, 6.07) is 89.9. The fourth-order valence-corrected chi connectivity index (χ4v) is 9.33. The first-order chi connectivity index (χ1) is 33.2. The minimum absolute atomic E-state index is 0.674. The molecule has 0 spiro atoms. The number of rotatable bonds is 9. The van der Waals surface area contributed by atoms with Crippen molar-refractivity contribution in [2.45, 2.75) is 0 Å².